The molecule has 0 atom stereocenters. The number of halogens is 2. The third-order valence-corrected chi connectivity index (χ3v) is 3.65. The Kier molecular flexibility index (Phi) is 7.72. The first-order valence-corrected chi connectivity index (χ1v) is 7.67. The van der Waals surface area contributed by atoms with Gasteiger partial charge in [-0.2, -0.15) is 0 Å². The van der Waals surface area contributed by atoms with Crippen LogP contribution in [-0.2, 0) is 4.79 Å². The number of unbranched alkanes of at least 4 members (excludes halogenated alkanes) is 5. The minimum Gasteiger partial charge on any atom is -0.325 e. The van der Waals surface area contributed by atoms with Gasteiger partial charge in [0, 0.05) is 10.9 Å². The fourth-order valence-corrected chi connectivity index (χ4v) is 2.22. The molecule has 0 aliphatic rings. The standard InChI is InChI=1S/C15H21BrFNO/c1-2-3-4-5-6-7-8-15(19)18-14-11-12(17)9-10-13(14)16/h9-11H,2-8H2,1H3,(H,18,19). The van der Waals surface area contributed by atoms with Gasteiger partial charge in [0.15, 0.2) is 0 Å². The van der Waals surface area contributed by atoms with Gasteiger partial charge < -0.3 is 5.32 Å². The van der Waals surface area contributed by atoms with Crippen molar-refractivity contribution in [2.24, 2.45) is 0 Å². The van der Waals surface area contributed by atoms with Crippen LogP contribution in [0.2, 0.25) is 0 Å². The van der Waals surface area contributed by atoms with Gasteiger partial charge in [-0.1, -0.05) is 39.0 Å². The first kappa shape index (κ1) is 16.2. The van der Waals surface area contributed by atoms with Crippen LogP contribution in [0.4, 0.5) is 10.1 Å². The molecule has 0 radical (unpaired) electrons. The van der Waals surface area contributed by atoms with Crippen molar-refractivity contribution in [3.05, 3.63) is 28.5 Å². The van der Waals surface area contributed by atoms with Crippen LogP contribution in [0, 0.1) is 5.82 Å². The first-order valence-electron chi connectivity index (χ1n) is 6.88. The Morgan fingerprint density at radius 2 is 1.89 bits per heavy atom. The van der Waals surface area contributed by atoms with E-state index in [-0.39, 0.29) is 11.7 Å². The highest BCUT2D eigenvalue weighted by molar-refractivity contribution is 9.10. The summed E-state index contributed by atoms with van der Waals surface area (Å²) in [5.74, 6) is -0.403. The van der Waals surface area contributed by atoms with Crippen LogP contribution in [0.25, 0.3) is 0 Å². The van der Waals surface area contributed by atoms with Gasteiger partial charge in [0.05, 0.1) is 5.69 Å². The van der Waals surface area contributed by atoms with E-state index >= 15 is 0 Å². The van der Waals surface area contributed by atoms with Crippen molar-refractivity contribution in [3.63, 3.8) is 0 Å². The molecule has 0 saturated heterocycles. The number of hydrogen-bond acceptors (Lipinski definition) is 1. The quantitative estimate of drug-likeness (QED) is 0.646. The second kappa shape index (κ2) is 9.08. The predicted octanol–water partition coefficient (Wildman–Crippen LogP) is 5.28. The van der Waals surface area contributed by atoms with Crippen molar-refractivity contribution < 1.29 is 9.18 Å². The average Bonchev–Trinajstić information content (AvgIpc) is 2.38. The molecule has 2 nitrogen and oxygen atoms in total. The van der Waals surface area contributed by atoms with E-state index in [1.807, 2.05) is 0 Å². The van der Waals surface area contributed by atoms with Crippen molar-refractivity contribution in [2.45, 2.75) is 51.9 Å². The summed E-state index contributed by atoms with van der Waals surface area (Å²) in [6.45, 7) is 2.18. The highest BCUT2D eigenvalue weighted by Crippen LogP contribution is 2.23. The van der Waals surface area contributed by atoms with Gasteiger partial charge in [0.1, 0.15) is 5.82 Å². The van der Waals surface area contributed by atoms with E-state index < -0.39 is 0 Å². The molecule has 0 bridgehead atoms. The number of carbonyl (C=O) groups is 1. The maximum Gasteiger partial charge on any atom is 0.224 e. The fourth-order valence-electron chi connectivity index (χ4n) is 1.87. The molecule has 0 aromatic heterocycles. The van der Waals surface area contributed by atoms with E-state index in [2.05, 4.69) is 28.2 Å². The normalized spacial score (nSPS) is 10.5. The zero-order chi connectivity index (χ0) is 14.1. The fraction of sp³-hybridized carbons (Fsp3) is 0.533. The van der Waals surface area contributed by atoms with E-state index in [9.17, 15) is 9.18 Å². The highest BCUT2D eigenvalue weighted by atomic mass is 79.9. The topological polar surface area (TPSA) is 29.1 Å². The molecule has 106 valence electrons. The van der Waals surface area contributed by atoms with E-state index in [0.717, 1.165) is 12.8 Å². The highest BCUT2D eigenvalue weighted by Gasteiger charge is 2.06. The maximum absolute atomic E-state index is 13.1. The molecule has 0 unspecified atom stereocenters. The lowest BCUT2D eigenvalue weighted by atomic mass is 10.1. The van der Waals surface area contributed by atoms with Gasteiger partial charge in [-0.3, -0.25) is 4.79 Å². The van der Waals surface area contributed by atoms with E-state index in [1.165, 1.54) is 37.8 Å². The molecule has 0 saturated carbocycles. The molecule has 0 fully saturated rings. The van der Waals surface area contributed by atoms with Crippen LogP contribution >= 0.6 is 15.9 Å². The van der Waals surface area contributed by atoms with Crippen molar-refractivity contribution in [1.29, 1.82) is 0 Å². The minimum atomic E-state index is -0.349. The zero-order valence-electron chi connectivity index (χ0n) is 11.3. The van der Waals surface area contributed by atoms with Crippen molar-refractivity contribution >= 4 is 27.5 Å². The monoisotopic (exact) mass is 329 g/mol. The van der Waals surface area contributed by atoms with Gasteiger partial charge in [0.25, 0.3) is 0 Å². The lowest BCUT2D eigenvalue weighted by Crippen LogP contribution is -2.11. The zero-order valence-corrected chi connectivity index (χ0v) is 12.9. The van der Waals surface area contributed by atoms with Crippen LogP contribution in [-0.4, -0.2) is 5.91 Å². The molecule has 1 aromatic carbocycles. The van der Waals surface area contributed by atoms with Crippen LogP contribution in [0.5, 0.6) is 0 Å². The summed E-state index contributed by atoms with van der Waals surface area (Å²) >= 11 is 3.29. The average molecular weight is 330 g/mol. The van der Waals surface area contributed by atoms with Crippen LogP contribution < -0.4 is 5.32 Å². The van der Waals surface area contributed by atoms with E-state index in [1.54, 1.807) is 6.07 Å². The van der Waals surface area contributed by atoms with Crippen molar-refractivity contribution in [1.82, 2.24) is 0 Å². The van der Waals surface area contributed by atoms with E-state index in [0.29, 0.717) is 16.6 Å². The maximum atomic E-state index is 13.1. The van der Waals surface area contributed by atoms with Gasteiger partial charge in [0.2, 0.25) is 5.91 Å². The third-order valence-electron chi connectivity index (χ3n) is 2.96. The molecule has 0 spiro atoms. The second-order valence-corrected chi connectivity index (χ2v) is 5.54. The van der Waals surface area contributed by atoms with Crippen molar-refractivity contribution in [2.75, 3.05) is 5.32 Å². The third kappa shape index (κ3) is 6.71. The largest absolute Gasteiger partial charge is 0.325 e. The number of carbonyl (C=O) groups excluding carboxylic acids is 1. The van der Waals surface area contributed by atoms with E-state index in [4.69, 9.17) is 0 Å². The van der Waals surface area contributed by atoms with Gasteiger partial charge in [-0.05, 0) is 40.5 Å². The SMILES string of the molecule is CCCCCCCCC(=O)Nc1cc(F)ccc1Br. The number of nitrogens with one attached hydrogen (secondary N) is 1. The van der Waals surface area contributed by atoms with Crippen LogP contribution in [0.3, 0.4) is 0 Å². The Morgan fingerprint density at radius 3 is 2.63 bits per heavy atom. The summed E-state index contributed by atoms with van der Waals surface area (Å²) in [5, 5.41) is 2.73. The molecule has 1 amide bonds. The number of hydrogen-bond donors (Lipinski definition) is 1. The summed E-state index contributed by atoms with van der Waals surface area (Å²) in [5.41, 5.74) is 0.496. The molecule has 0 heterocycles. The first-order chi connectivity index (χ1) is 9.13. The Hall–Kier alpha value is -0.900. The number of rotatable bonds is 8. The lowest BCUT2D eigenvalue weighted by Gasteiger charge is -2.07. The molecule has 4 heteroatoms. The molecule has 1 rings (SSSR count). The minimum absolute atomic E-state index is 0.0539. The molecular weight excluding hydrogens is 309 g/mol. The number of amides is 1. The molecule has 0 aliphatic carbocycles. The molecular formula is C15H21BrFNO. The molecule has 1 N–H and O–H groups in total. The predicted molar refractivity (Wildman–Crippen MR) is 80.7 cm³/mol. The van der Waals surface area contributed by atoms with Gasteiger partial charge >= 0.3 is 0 Å². The molecule has 19 heavy (non-hydrogen) atoms. The number of benzene rings is 1. The summed E-state index contributed by atoms with van der Waals surface area (Å²) in [6, 6.07) is 4.27. The summed E-state index contributed by atoms with van der Waals surface area (Å²) in [4.78, 5) is 11.7. The van der Waals surface area contributed by atoms with Gasteiger partial charge in [-0.25, -0.2) is 4.39 Å². The van der Waals surface area contributed by atoms with Crippen LogP contribution in [0.15, 0.2) is 22.7 Å². The Balaban J connectivity index is 2.25. The summed E-state index contributed by atoms with van der Waals surface area (Å²) in [7, 11) is 0. The smallest absolute Gasteiger partial charge is 0.224 e. The van der Waals surface area contributed by atoms with Gasteiger partial charge in [-0.15, -0.1) is 0 Å². The van der Waals surface area contributed by atoms with Crippen molar-refractivity contribution in [3.8, 4) is 0 Å². The second-order valence-electron chi connectivity index (χ2n) is 4.69. The molecule has 1 aromatic rings. The Bertz CT molecular complexity index is 409. The molecule has 0 aliphatic heterocycles. The lowest BCUT2D eigenvalue weighted by molar-refractivity contribution is -0.116. The summed E-state index contributed by atoms with van der Waals surface area (Å²) in [6.07, 6.45) is 7.39. The number of anilines is 1. The summed E-state index contributed by atoms with van der Waals surface area (Å²) < 4.78 is 13.7. The van der Waals surface area contributed by atoms with Crippen LogP contribution in [0.1, 0.15) is 51.9 Å². The Labute approximate surface area is 122 Å². The Morgan fingerprint density at radius 1 is 1.21 bits per heavy atom.